The number of hydrogen-bond acceptors (Lipinski definition) is 2. The summed E-state index contributed by atoms with van der Waals surface area (Å²) in [6, 6.07) is 5.63. The smallest absolute Gasteiger partial charge is 0.114 e. The Hall–Kier alpha value is -0.870. The van der Waals surface area contributed by atoms with Gasteiger partial charge in [0, 0.05) is 10.0 Å². The molecule has 5 heteroatoms. The van der Waals surface area contributed by atoms with Crippen LogP contribution in [0.3, 0.4) is 0 Å². The summed E-state index contributed by atoms with van der Waals surface area (Å²) < 4.78 is 0.949. The lowest BCUT2D eigenvalue weighted by atomic mass is 10.2. The van der Waals surface area contributed by atoms with Crippen molar-refractivity contribution in [2.24, 2.45) is 0 Å². The predicted octanol–water partition coefficient (Wildman–Crippen LogP) is 2.89. The highest BCUT2D eigenvalue weighted by Crippen LogP contribution is 2.28. The Morgan fingerprint density at radius 2 is 2.23 bits per heavy atom. The maximum absolute atomic E-state index is 6.01. The van der Waals surface area contributed by atoms with Crippen molar-refractivity contribution in [2.75, 3.05) is 0 Å². The molecule has 2 rings (SSSR count). The molecule has 2 aromatic rings. The first-order chi connectivity index (χ1) is 6.27. The maximum atomic E-state index is 6.01. The SMILES string of the molecule is Clc1cc(Br)ccc1-c1cn[nH]n1. The third-order valence-electron chi connectivity index (χ3n) is 1.62. The molecule has 0 radical (unpaired) electrons. The van der Waals surface area contributed by atoms with Crippen LogP contribution in [0.1, 0.15) is 0 Å². The molecular formula is C8H5BrClN3. The molecule has 1 heterocycles. The summed E-state index contributed by atoms with van der Waals surface area (Å²) in [6.45, 7) is 0. The van der Waals surface area contributed by atoms with Crippen LogP contribution in [0.2, 0.25) is 5.02 Å². The number of aromatic amines is 1. The number of benzene rings is 1. The Bertz CT molecular complexity index is 413. The lowest BCUT2D eigenvalue weighted by Gasteiger charge is -1.99. The zero-order chi connectivity index (χ0) is 9.26. The number of H-pyrrole nitrogens is 1. The van der Waals surface area contributed by atoms with Crippen LogP contribution in [0.5, 0.6) is 0 Å². The highest BCUT2D eigenvalue weighted by atomic mass is 79.9. The molecule has 1 aromatic carbocycles. The van der Waals surface area contributed by atoms with Gasteiger partial charge < -0.3 is 0 Å². The minimum atomic E-state index is 0.656. The van der Waals surface area contributed by atoms with Gasteiger partial charge in [-0.1, -0.05) is 33.6 Å². The molecule has 0 aliphatic rings. The van der Waals surface area contributed by atoms with Gasteiger partial charge in [0.15, 0.2) is 0 Å². The first-order valence-electron chi connectivity index (χ1n) is 3.58. The Balaban J connectivity index is 2.53. The summed E-state index contributed by atoms with van der Waals surface area (Å²) >= 11 is 9.34. The molecule has 1 N–H and O–H groups in total. The molecule has 0 spiro atoms. The van der Waals surface area contributed by atoms with Crippen molar-refractivity contribution >= 4 is 27.5 Å². The zero-order valence-electron chi connectivity index (χ0n) is 6.46. The van der Waals surface area contributed by atoms with E-state index in [1.807, 2.05) is 18.2 Å². The van der Waals surface area contributed by atoms with Crippen molar-refractivity contribution in [2.45, 2.75) is 0 Å². The first-order valence-corrected chi connectivity index (χ1v) is 4.75. The van der Waals surface area contributed by atoms with E-state index in [4.69, 9.17) is 11.6 Å². The number of hydrogen-bond donors (Lipinski definition) is 1. The average Bonchev–Trinajstić information content (AvgIpc) is 2.56. The summed E-state index contributed by atoms with van der Waals surface area (Å²) in [5.41, 5.74) is 1.62. The fourth-order valence-corrected chi connectivity index (χ4v) is 1.80. The van der Waals surface area contributed by atoms with E-state index in [1.165, 1.54) is 0 Å². The van der Waals surface area contributed by atoms with E-state index in [0.29, 0.717) is 5.02 Å². The van der Waals surface area contributed by atoms with E-state index in [-0.39, 0.29) is 0 Å². The molecule has 0 bridgehead atoms. The fourth-order valence-electron chi connectivity index (χ4n) is 1.03. The van der Waals surface area contributed by atoms with E-state index in [1.54, 1.807) is 6.20 Å². The lowest BCUT2D eigenvalue weighted by molar-refractivity contribution is 0.942. The van der Waals surface area contributed by atoms with Crippen molar-refractivity contribution in [3.63, 3.8) is 0 Å². The number of aromatic nitrogens is 3. The summed E-state index contributed by atoms with van der Waals surface area (Å²) in [7, 11) is 0. The van der Waals surface area contributed by atoms with E-state index in [0.717, 1.165) is 15.7 Å². The quantitative estimate of drug-likeness (QED) is 0.854. The van der Waals surface area contributed by atoms with Gasteiger partial charge in [0.2, 0.25) is 0 Å². The van der Waals surface area contributed by atoms with Crippen LogP contribution < -0.4 is 0 Å². The molecule has 1 aromatic heterocycles. The largest absolute Gasteiger partial charge is 0.197 e. The van der Waals surface area contributed by atoms with Gasteiger partial charge in [-0.15, -0.1) is 0 Å². The van der Waals surface area contributed by atoms with Gasteiger partial charge in [0.1, 0.15) is 5.69 Å². The van der Waals surface area contributed by atoms with Gasteiger partial charge in [-0.3, -0.25) is 0 Å². The Labute approximate surface area is 88.2 Å². The van der Waals surface area contributed by atoms with Crippen LogP contribution in [0, 0.1) is 0 Å². The van der Waals surface area contributed by atoms with Crippen LogP contribution in [0.15, 0.2) is 28.9 Å². The molecule has 0 saturated carbocycles. The van der Waals surface area contributed by atoms with Gasteiger partial charge in [0.05, 0.1) is 11.2 Å². The summed E-state index contributed by atoms with van der Waals surface area (Å²) in [4.78, 5) is 0. The molecule has 0 saturated heterocycles. The Morgan fingerprint density at radius 1 is 1.38 bits per heavy atom. The Kier molecular flexibility index (Phi) is 2.33. The molecule has 3 nitrogen and oxygen atoms in total. The van der Waals surface area contributed by atoms with Crippen molar-refractivity contribution in [1.82, 2.24) is 15.4 Å². The number of halogens is 2. The van der Waals surface area contributed by atoms with Crippen LogP contribution in [0.4, 0.5) is 0 Å². The van der Waals surface area contributed by atoms with Gasteiger partial charge in [0.25, 0.3) is 0 Å². The average molecular weight is 259 g/mol. The van der Waals surface area contributed by atoms with Crippen molar-refractivity contribution in [1.29, 1.82) is 0 Å². The topological polar surface area (TPSA) is 41.6 Å². The standard InChI is InChI=1S/C8H5BrClN3/c9-5-1-2-6(7(10)3-5)8-4-11-13-12-8/h1-4H,(H,11,12,13). The maximum Gasteiger partial charge on any atom is 0.114 e. The second kappa shape index (κ2) is 3.47. The fraction of sp³-hybridized carbons (Fsp3) is 0. The summed E-state index contributed by atoms with van der Waals surface area (Å²) in [5.74, 6) is 0. The summed E-state index contributed by atoms with van der Waals surface area (Å²) in [5, 5.41) is 10.9. The molecule has 0 unspecified atom stereocenters. The van der Waals surface area contributed by atoms with Gasteiger partial charge >= 0.3 is 0 Å². The molecule has 0 fully saturated rings. The predicted molar refractivity (Wildman–Crippen MR) is 54.5 cm³/mol. The van der Waals surface area contributed by atoms with Gasteiger partial charge in [-0.25, -0.2) is 0 Å². The van der Waals surface area contributed by atoms with Crippen molar-refractivity contribution < 1.29 is 0 Å². The number of nitrogens with one attached hydrogen (secondary N) is 1. The second-order valence-electron chi connectivity index (χ2n) is 2.48. The zero-order valence-corrected chi connectivity index (χ0v) is 8.80. The third kappa shape index (κ3) is 1.73. The molecule has 0 aliphatic heterocycles. The number of nitrogens with zero attached hydrogens (tertiary/aromatic N) is 2. The normalized spacial score (nSPS) is 10.3. The van der Waals surface area contributed by atoms with E-state index in [9.17, 15) is 0 Å². The monoisotopic (exact) mass is 257 g/mol. The molecule has 66 valence electrons. The van der Waals surface area contributed by atoms with Crippen molar-refractivity contribution in [3.8, 4) is 11.3 Å². The number of rotatable bonds is 1. The van der Waals surface area contributed by atoms with Crippen LogP contribution in [-0.4, -0.2) is 15.4 Å². The van der Waals surface area contributed by atoms with E-state index < -0.39 is 0 Å². The van der Waals surface area contributed by atoms with Gasteiger partial charge in [-0.2, -0.15) is 15.4 Å². The lowest BCUT2D eigenvalue weighted by Crippen LogP contribution is -1.79. The molecule has 0 aliphatic carbocycles. The van der Waals surface area contributed by atoms with Crippen molar-refractivity contribution in [3.05, 3.63) is 33.9 Å². The highest BCUT2D eigenvalue weighted by Gasteiger charge is 2.05. The minimum absolute atomic E-state index is 0.656. The Morgan fingerprint density at radius 3 is 2.85 bits per heavy atom. The minimum Gasteiger partial charge on any atom is -0.197 e. The van der Waals surface area contributed by atoms with E-state index in [2.05, 4.69) is 31.3 Å². The van der Waals surface area contributed by atoms with Crippen LogP contribution in [0.25, 0.3) is 11.3 Å². The highest BCUT2D eigenvalue weighted by molar-refractivity contribution is 9.10. The molecule has 13 heavy (non-hydrogen) atoms. The molecule has 0 atom stereocenters. The van der Waals surface area contributed by atoms with Gasteiger partial charge in [-0.05, 0) is 12.1 Å². The van der Waals surface area contributed by atoms with Crippen LogP contribution >= 0.6 is 27.5 Å². The summed E-state index contributed by atoms with van der Waals surface area (Å²) in [6.07, 6.45) is 1.63. The molecule has 0 amide bonds. The molecular weight excluding hydrogens is 253 g/mol. The second-order valence-corrected chi connectivity index (χ2v) is 3.80. The first kappa shape index (κ1) is 8.72. The van der Waals surface area contributed by atoms with E-state index >= 15 is 0 Å². The third-order valence-corrected chi connectivity index (χ3v) is 2.43. The van der Waals surface area contributed by atoms with Crippen LogP contribution in [-0.2, 0) is 0 Å².